The average Bonchev–Trinajstić information content (AvgIpc) is 2.22. The Morgan fingerprint density at radius 3 is 0.556 bits per heavy atom. The molecule has 0 unspecified atom stereocenters. The monoisotopic (exact) mass is 790 g/mol. The van der Waals surface area contributed by atoms with Crippen LogP contribution in [0, 0.1) is 0 Å². The van der Waals surface area contributed by atoms with Crippen molar-refractivity contribution in [3.8, 4) is 0 Å². The smallest absolute Gasteiger partial charge is 0.673 e. The van der Waals surface area contributed by atoms with Crippen LogP contribution < -0.4 is 9.30 Å². The number of nitrogens with two attached hydrogens (primary N) is 2. The van der Waals surface area contributed by atoms with Gasteiger partial charge in [0.25, 0.3) is 32.9 Å². The molecule has 0 spiro atoms. The molecule has 0 fully saturated rings. The number of quaternary nitrogens is 2. The zero-order valence-corrected chi connectivity index (χ0v) is 44.4. The van der Waals surface area contributed by atoms with Crippen molar-refractivity contribution in [2.24, 2.45) is 0 Å². The predicted octanol–water partition coefficient (Wildman–Crippen LogP) is 6.57. The summed E-state index contributed by atoms with van der Waals surface area (Å²) in [6.07, 6.45) is 0. The summed E-state index contributed by atoms with van der Waals surface area (Å²) in [5.41, 5.74) is 0. The summed E-state index contributed by atoms with van der Waals surface area (Å²) in [5, 5.41) is 0. The van der Waals surface area contributed by atoms with E-state index in [0.29, 0.717) is 0 Å². The molecule has 0 rings (SSSR count). The standard InChI is InChI=1S/2C6H20NSi2.C6H18NSi2.C4H12NSi2.2Sr/c3*1-8(2,3)7-9(4,5)6;1-6(2)5-7(3)4;;/h2*7H2,1-6H3;1-6H3;1-4H3;;/q2*+1;2*-1;2*+2. The summed E-state index contributed by atoms with van der Waals surface area (Å²) in [6, 6.07) is 0. The van der Waals surface area contributed by atoms with E-state index < -0.39 is 49.4 Å². The molecule has 0 aromatic carbocycles. The van der Waals surface area contributed by atoms with Gasteiger partial charge in [0, 0.05) is 0 Å². The van der Waals surface area contributed by atoms with Gasteiger partial charge in [0.1, 0.15) is 0 Å². The Kier molecular flexibility index (Phi) is 33.9. The molecule has 0 saturated carbocycles. The van der Waals surface area contributed by atoms with Gasteiger partial charge in [-0.15, -0.1) is 0 Å². The second kappa shape index (κ2) is 23.0. The van der Waals surface area contributed by atoms with Crippen molar-refractivity contribution in [3.63, 3.8) is 0 Å². The van der Waals surface area contributed by atoms with Crippen molar-refractivity contribution in [1.29, 1.82) is 0 Å². The maximum Gasteiger partial charge on any atom is 2.00 e. The van der Waals surface area contributed by atoms with Crippen LogP contribution in [0.25, 0.3) is 9.30 Å². The third-order valence-electron chi connectivity index (χ3n) is 2.85. The van der Waals surface area contributed by atoms with Crippen LogP contribution in [0.4, 0.5) is 0 Å². The second-order valence-electron chi connectivity index (χ2n) is 16.2. The van der Waals surface area contributed by atoms with Gasteiger partial charge in [-0.25, -0.2) is 0 Å². The molecule has 0 aliphatic rings. The molecule has 0 aromatic rings. The van der Waals surface area contributed by atoms with Crippen LogP contribution in [0.5, 0.6) is 0 Å². The van der Waals surface area contributed by atoms with Crippen LogP contribution in [0.2, 0.25) is 144 Å². The quantitative estimate of drug-likeness (QED) is 0.262. The Bertz CT molecular complexity index is 397. The zero-order chi connectivity index (χ0) is 29.0. The van der Waals surface area contributed by atoms with Gasteiger partial charge in [-0.1, -0.05) is 99.9 Å². The summed E-state index contributed by atoms with van der Waals surface area (Å²) in [4.78, 5) is 0. The first-order valence-electron chi connectivity index (χ1n) is 13.0. The zero-order valence-electron chi connectivity index (χ0n) is 29.5. The van der Waals surface area contributed by atoms with E-state index in [9.17, 15) is 0 Å². The molecule has 0 aromatic heterocycles. The molecule has 2 radical (unpaired) electrons. The van der Waals surface area contributed by atoms with Crippen LogP contribution in [0.1, 0.15) is 0 Å². The molecule has 4 N–H and O–H groups in total. The molecule has 36 heavy (non-hydrogen) atoms. The Hall–Kier alpha value is 4.54. The normalized spacial score (nSPS) is 12.7. The number of rotatable bonds is 8. The Morgan fingerprint density at radius 1 is 0.389 bits per heavy atom. The van der Waals surface area contributed by atoms with E-state index in [1.54, 1.807) is 0 Å². The molecular formula is C22H70N4Si8Sr2+4. The third kappa shape index (κ3) is 77.1. The minimum absolute atomic E-state index is 0. The maximum absolute atomic E-state index is 4.82. The predicted molar refractivity (Wildman–Crippen MR) is 197 cm³/mol. The van der Waals surface area contributed by atoms with Crippen molar-refractivity contribution >= 4 is 158 Å². The van der Waals surface area contributed by atoms with Gasteiger partial charge in [0.05, 0.1) is 0 Å². The fraction of sp³-hybridized carbons (Fsp3) is 1.00. The van der Waals surface area contributed by atoms with Crippen molar-refractivity contribution in [1.82, 2.24) is 0 Å². The molecule has 14 heteroatoms. The molecule has 210 valence electrons. The second-order valence-corrected chi connectivity index (χ2v) is 51.7. The van der Waals surface area contributed by atoms with E-state index >= 15 is 0 Å². The Morgan fingerprint density at radius 2 is 0.556 bits per heavy atom. The van der Waals surface area contributed by atoms with E-state index in [-0.39, 0.29) is 109 Å². The van der Waals surface area contributed by atoms with Crippen molar-refractivity contribution in [2.75, 3.05) is 0 Å². The summed E-state index contributed by atoms with van der Waals surface area (Å²) < 4.78 is 14.6. The third-order valence-corrected chi connectivity index (χ3v) is 25.7. The SMILES string of the molecule is C[Si](C)(C)[N-][Si](C)(C)C.C[Si](C)(C)[NH2+][Si](C)(C)C.C[Si](C)(C)[NH2+][Si](C)(C)C.C[Si](C)[N-][Si](C)C.[Sr+2].[Sr+2]. The van der Waals surface area contributed by atoms with E-state index in [1.807, 2.05) is 0 Å². The van der Waals surface area contributed by atoms with E-state index in [2.05, 4.69) is 158 Å². The first-order chi connectivity index (χ1) is 14.2. The Balaban J connectivity index is -0.0000000822. The summed E-state index contributed by atoms with van der Waals surface area (Å²) >= 11 is 0. The average molecular weight is 791 g/mol. The number of hydrogen-bond donors (Lipinski definition) is 2. The van der Waals surface area contributed by atoms with Gasteiger partial charge in [0.2, 0.25) is 0 Å². The molecular weight excluding hydrogens is 720 g/mol. The summed E-state index contributed by atoms with van der Waals surface area (Å²) in [6.45, 7) is 51.6. The van der Waals surface area contributed by atoms with E-state index in [1.165, 1.54) is 0 Å². The van der Waals surface area contributed by atoms with Gasteiger partial charge in [-0.2, -0.15) is 0 Å². The fourth-order valence-electron chi connectivity index (χ4n) is 4.05. The topological polar surface area (TPSA) is 61.4 Å². The fourth-order valence-corrected chi connectivity index (χ4v) is 36.5. The number of nitrogens with zero attached hydrogens (tertiary/aromatic N) is 2. The Labute approximate surface area is 315 Å². The molecule has 0 bridgehead atoms. The van der Waals surface area contributed by atoms with Crippen molar-refractivity contribution in [3.05, 3.63) is 9.30 Å². The molecule has 0 amide bonds. The number of hydrogen-bond acceptors (Lipinski definition) is 0. The van der Waals surface area contributed by atoms with Crippen molar-refractivity contribution < 1.29 is 9.30 Å². The molecule has 0 saturated heterocycles. The summed E-state index contributed by atoms with van der Waals surface area (Å²) in [5.74, 6) is 0. The van der Waals surface area contributed by atoms with Crippen LogP contribution >= 0.6 is 0 Å². The van der Waals surface area contributed by atoms with Crippen molar-refractivity contribution in [2.45, 2.75) is 144 Å². The maximum atomic E-state index is 4.82. The molecule has 0 aliphatic heterocycles. The van der Waals surface area contributed by atoms with Crippen LogP contribution in [-0.2, 0) is 0 Å². The van der Waals surface area contributed by atoms with Gasteiger partial charge in [-0.3, -0.25) is 0 Å². The molecule has 0 atom stereocenters. The largest absolute Gasteiger partial charge is 2.00 e. The van der Waals surface area contributed by atoms with Crippen LogP contribution in [0.15, 0.2) is 0 Å². The molecule has 0 aliphatic carbocycles. The van der Waals surface area contributed by atoms with E-state index in [0.717, 1.165) is 0 Å². The van der Waals surface area contributed by atoms with Gasteiger partial charge < -0.3 is 18.6 Å². The van der Waals surface area contributed by atoms with Crippen LogP contribution in [-0.4, -0.2) is 158 Å². The minimum atomic E-state index is -1.11. The van der Waals surface area contributed by atoms with Gasteiger partial charge in [-0.05, 0) is 78.6 Å². The first kappa shape index (κ1) is 53.1. The molecule has 0 heterocycles. The molecule has 4 nitrogen and oxygen atoms in total. The summed E-state index contributed by atoms with van der Waals surface area (Å²) in [7, 11) is -6.16. The van der Waals surface area contributed by atoms with Crippen LogP contribution in [0.3, 0.4) is 0 Å². The van der Waals surface area contributed by atoms with Gasteiger partial charge >= 0.3 is 91.0 Å². The van der Waals surface area contributed by atoms with E-state index in [4.69, 9.17) is 4.65 Å². The van der Waals surface area contributed by atoms with Gasteiger partial charge in [0.15, 0.2) is 0 Å². The first-order valence-corrected chi connectivity index (χ1v) is 39.1. The minimum Gasteiger partial charge on any atom is -0.673 e.